The lowest BCUT2D eigenvalue weighted by molar-refractivity contribution is 0.655. The van der Waals surface area contributed by atoms with Crippen LogP contribution in [0.5, 0.6) is 0 Å². The maximum Gasteiger partial charge on any atom is 0.139 e. The number of furan rings is 2. The first-order chi connectivity index (χ1) is 34.0. The molecule has 2 aromatic heterocycles. The van der Waals surface area contributed by atoms with Crippen LogP contribution >= 0.6 is 0 Å². The molecular weight excluding hydrogens is 841 g/mol. The molecule has 11 aromatic carbocycles. The molecule has 13 aromatic rings. The van der Waals surface area contributed by atoms with Gasteiger partial charge in [0, 0.05) is 61.2 Å². The first-order valence-electron chi connectivity index (χ1n) is 23.7. The Bertz CT molecular complexity index is 3900. The van der Waals surface area contributed by atoms with Crippen molar-refractivity contribution in [3.05, 3.63) is 242 Å². The van der Waals surface area contributed by atoms with E-state index in [0.717, 1.165) is 99.5 Å². The Morgan fingerprint density at radius 1 is 0.304 bits per heavy atom. The van der Waals surface area contributed by atoms with E-state index in [0.29, 0.717) is 0 Å². The van der Waals surface area contributed by atoms with Gasteiger partial charge in [0.05, 0.1) is 0 Å². The van der Waals surface area contributed by atoms with Crippen molar-refractivity contribution in [1.82, 2.24) is 0 Å². The largest absolute Gasteiger partial charge is 0.456 e. The summed E-state index contributed by atoms with van der Waals surface area (Å²) in [5, 5.41) is 8.88. The molecule has 0 aliphatic heterocycles. The van der Waals surface area contributed by atoms with Crippen LogP contribution in [0.15, 0.2) is 245 Å². The van der Waals surface area contributed by atoms with Crippen molar-refractivity contribution in [2.45, 2.75) is 19.8 Å². The van der Waals surface area contributed by atoms with Gasteiger partial charge in [0.15, 0.2) is 0 Å². The summed E-state index contributed by atoms with van der Waals surface area (Å²) < 4.78 is 13.9. The fourth-order valence-corrected chi connectivity index (χ4v) is 10.4. The standard InChI is InChI=1S/C65H46N2O2/c1-42(2)63-64-59-38-48-30-32-56(67(52-25-13-6-14-26-52)54-28-16-22-46(34-54)44-19-9-4-10-20-44)36-50(48)40-61(59)68-62(64)41-58-57-37-47-29-31-55(35-49(47)39-60(57)69-65(58)63)66(51-23-11-5-12-24-51)53-27-15-21-45(33-53)43-17-7-3-8-18-43/h3-42H,1-2H3. The van der Waals surface area contributed by atoms with Crippen LogP contribution in [0, 0.1) is 0 Å². The number of fused-ring (bicyclic) bond motifs is 8. The van der Waals surface area contributed by atoms with E-state index in [1.54, 1.807) is 0 Å². The van der Waals surface area contributed by atoms with E-state index in [9.17, 15) is 0 Å². The Morgan fingerprint density at radius 2 is 0.739 bits per heavy atom. The van der Waals surface area contributed by atoms with Gasteiger partial charge in [-0.25, -0.2) is 0 Å². The van der Waals surface area contributed by atoms with Crippen molar-refractivity contribution in [2.75, 3.05) is 9.80 Å². The minimum absolute atomic E-state index is 0.175. The molecule has 0 spiro atoms. The number of benzene rings is 11. The number of hydrogen-bond donors (Lipinski definition) is 0. The normalized spacial score (nSPS) is 11.8. The SMILES string of the molecule is CC(C)c1c2oc3cc4cc(N(c5ccccc5)c5cccc(-c6ccccc6)c5)ccc4cc3c2cc2oc3cc4cc(N(c5ccccc5)c5cccc(-c6ccccc6)c5)ccc4cc3c12. The number of hydrogen-bond acceptors (Lipinski definition) is 4. The summed E-state index contributed by atoms with van der Waals surface area (Å²) in [6.45, 7) is 4.51. The molecule has 0 N–H and O–H groups in total. The lowest BCUT2D eigenvalue weighted by Crippen LogP contribution is -2.09. The van der Waals surface area contributed by atoms with Gasteiger partial charge < -0.3 is 18.6 Å². The van der Waals surface area contributed by atoms with Crippen molar-refractivity contribution in [2.24, 2.45) is 0 Å². The van der Waals surface area contributed by atoms with E-state index in [4.69, 9.17) is 8.83 Å². The first-order valence-corrected chi connectivity index (χ1v) is 23.7. The highest BCUT2D eigenvalue weighted by Gasteiger charge is 2.24. The summed E-state index contributed by atoms with van der Waals surface area (Å²) in [5.41, 5.74) is 15.9. The summed E-state index contributed by atoms with van der Waals surface area (Å²) in [6.07, 6.45) is 0. The van der Waals surface area contributed by atoms with E-state index in [1.165, 1.54) is 27.8 Å². The maximum absolute atomic E-state index is 7.00. The highest BCUT2D eigenvalue weighted by molar-refractivity contribution is 6.20. The van der Waals surface area contributed by atoms with Crippen LogP contribution in [-0.4, -0.2) is 0 Å². The van der Waals surface area contributed by atoms with Crippen molar-refractivity contribution in [1.29, 1.82) is 0 Å². The molecule has 0 atom stereocenters. The van der Waals surface area contributed by atoms with E-state index in [2.05, 4.69) is 260 Å². The van der Waals surface area contributed by atoms with Gasteiger partial charge in [0.25, 0.3) is 0 Å². The topological polar surface area (TPSA) is 32.8 Å². The fraction of sp³-hybridized carbons (Fsp3) is 0.0462. The fourth-order valence-electron chi connectivity index (χ4n) is 10.4. The maximum atomic E-state index is 7.00. The molecule has 0 bridgehead atoms. The highest BCUT2D eigenvalue weighted by atomic mass is 16.3. The first kappa shape index (κ1) is 40.4. The van der Waals surface area contributed by atoms with Gasteiger partial charge in [-0.1, -0.05) is 147 Å². The molecular formula is C65H46N2O2. The number of anilines is 6. The average Bonchev–Trinajstić information content (AvgIpc) is 3.94. The Balaban J connectivity index is 0.919. The molecule has 0 saturated carbocycles. The molecule has 4 nitrogen and oxygen atoms in total. The summed E-state index contributed by atoms with van der Waals surface area (Å²) in [5.74, 6) is 0.175. The molecule has 0 fully saturated rings. The minimum atomic E-state index is 0.175. The van der Waals surface area contributed by atoms with Crippen LogP contribution in [0.1, 0.15) is 25.3 Å². The van der Waals surface area contributed by atoms with Crippen molar-refractivity contribution < 1.29 is 8.83 Å². The summed E-state index contributed by atoms with van der Waals surface area (Å²) in [6, 6.07) is 84.6. The van der Waals surface area contributed by atoms with Crippen molar-refractivity contribution in [3.8, 4) is 22.3 Å². The zero-order chi connectivity index (χ0) is 46.0. The molecule has 0 saturated heterocycles. The molecule has 0 amide bonds. The molecule has 0 radical (unpaired) electrons. The molecule has 328 valence electrons. The Kier molecular flexibility index (Phi) is 9.65. The van der Waals surface area contributed by atoms with Crippen LogP contribution < -0.4 is 9.80 Å². The van der Waals surface area contributed by atoms with Gasteiger partial charge in [-0.05, 0) is 153 Å². The molecule has 0 aliphatic carbocycles. The summed E-state index contributed by atoms with van der Waals surface area (Å²) in [7, 11) is 0. The molecule has 0 aliphatic rings. The third-order valence-corrected chi connectivity index (χ3v) is 13.7. The number of para-hydroxylation sites is 2. The van der Waals surface area contributed by atoms with Crippen LogP contribution in [0.2, 0.25) is 0 Å². The Hall–Kier alpha value is -8.86. The Labute approximate surface area is 400 Å². The second kappa shape index (κ2) is 16.5. The predicted octanol–water partition coefficient (Wildman–Crippen LogP) is 19.2. The van der Waals surface area contributed by atoms with Gasteiger partial charge >= 0.3 is 0 Å². The monoisotopic (exact) mass is 886 g/mol. The lowest BCUT2D eigenvalue weighted by atomic mass is 9.93. The number of nitrogens with zero attached hydrogens (tertiary/aromatic N) is 2. The third-order valence-electron chi connectivity index (χ3n) is 13.7. The number of rotatable bonds is 9. The highest BCUT2D eigenvalue weighted by Crippen LogP contribution is 2.46. The lowest BCUT2D eigenvalue weighted by Gasteiger charge is -2.26. The third kappa shape index (κ3) is 7.08. The van der Waals surface area contributed by atoms with E-state index in [1.807, 2.05) is 0 Å². The minimum Gasteiger partial charge on any atom is -0.456 e. The van der Waals surface area contributed by atoms with Crippen LogP contribution in [0.4, 0.5) is 34.1 Å². The summed E-state index contributed by atoms with van der Waals surface area (Å²) >= 11 is 0. The van der Waals surface area contributed by atoms with Crippen molar-refractivity contribution in [3.63, 3.8) is 0 Å². The van der Waals surface area contributed by atoms with E-state index < -0.39 is 0 Å². The van der Waals surface area contributed by atoms with Gasteiger partial charge in [-0.3, -0.25) is 0 Å². The molecule has 4 heteroatoms. The van der Waals surface area contributed by atoms with Crippen LogP contribution in [0.25, 0.3) is 87.7 Å². The average molecular weight is 887 g/mol. The van der Waals surface area contributed by atoms with Crippen LogP contribution in [0.3, 0.4) is 0 Å². The van der Waals surface area contributed by atoms with E-state index >= 15 is 0 Å². The molecule has 2 heterocycles. The Morgan fingerprint density at radius 3 is 1.25 bits per heavy atom. The zero-order valence-corrected chi connectivity index (χ0v) is 38.3. The van der Waals surface area contributed by atoms with Crippen LogP contribution in [-0.2, 0) is 0 Å². The summed E-state index contributed by atoms with van der Waals surface area (Å²) in [4.78, 5) is 4.67. The molecule has 0 unspecified atom stereocenters. The van der Waals surface area contributed by atoms with Gasteiger partial charge in [-0.2, -0.15) is 0 Å². The zero-order valence-electron chi connectivity index (χ0n) is 38.3. The quantitative estimate of drug-likeness (QED) is 0.145. The van der Waals surface area contributed by atoms with Gasteiger partial charge in [0.2, 0.25) is 0 Å². The second-order valence-corrected chi connectivity index (χ2v) is 18.3. The van der Waals surface area contributed by atoms with Gasteiger partial charge in [0.1, 0.15) is 22.3 Å². The smallest absolute Gasteiger partial charge is 0.139 e. The predicted molar refractivity (Wildman–Crippen MR) is 290 cm³/mol. The van der Waals surface area contributed by atoms with Gasteiger partial charge in [-0.15, -0.1) is 0 Å². The second-order valence-electron chi connectivity index (χ2n) is 18.3. The van der Waals surface area contributed by atoms with Crippen molar-refractivity contribution >= 4 is 99.5 Å². The molecule has 13 rings (SSSR count). The molecule has 69 heavy (non-hydrogen) atoms. The van der Waals surface area contributed by atoms with E-state index in [-0.39, 0.29) is 5.92 Å².